The molecule has 1 aliphatic heterocycles. The molecule has 1 aromatic heterocycles. The summed E-state index contributed by atoms with van der Waals surface area (Å²) in [4.78, 5) is 29.3. The Kier molecular flexibility index (Phi) is 4.79. The van der Waals surface area contributed by atoms with Crippen molar-refractivity contribution < 1.29 is 28.2 Å². The molecule has 0 N–H and O–H groups in total. The lowest BCUT2D eigenvalue weighted by Gasteiger charge is -2.04. The van der Waals surface area contributed by atoms with E-state index >= 15 is 0 Å². The van der Waals surface area contributed by atoms with Crippen LogP contribution in [0.2, 0.25) is 0 Å². The Balaban J connectivity index is 1.44. The van der Waals surface area contributed by atoms with Gasteiger partial charge in [0.15, 0.2) is 23.9 Å². The standard InChI is InChI=1S/C20H14FNO5S/c1-11-18(28-19(22-11)12-2-5-14(21)6-3-12)20(24)25-9-15(23)13-4-7-16-17(8-13)27-10-26-16/h2-8H,9-10H2,1H3. The van der Waals surface area contributed by atoms with Crippen molar-refractivity contribution in [3.05, 3.63) is 64.4 Å². The van der Waals surface area contributed by atoms with Crippen molar-refractivity contribution in [1.82, 2.24) is 4.98 Å². The lowest BCUT2D eigenvalue weighted by molar-refractivity contribution is 0.0478. The number of ether oxygens (including phenoxy) is 3. The number of carbonyl (C=O) groups is 2. The molecule has 2 heterocycles. The largest absolute Gasteiger partial charge is 0.454 e. The van der Waals surface area contributed by atoms with Gasteiger partial charge in [-0.25, -0.2) is 14.2 Å². The van der Waals surface area contributed by atoms with E-state index in [0.29, 0.717) is 38.2 Å². The van der Waals surface area contributed by atoms with Crippen LogP contribution < -0.4 is 9.47 Å². The van der Waals surface area contributed by atoms with Gasteiger partial charge in [-0.3, -0.25) is 4.79 Å². The molecule has 0 fully saturated rings. The molecule has 0 spiro atoms. The van der Waals surface area contributed by atoms with Crippen molar-refractivity contribution in [1.29, 1.82) is 0 Å². The Bertz CT molecular complexity index is 1060. The highest BCUT2D eigenvalue weighted by atomic mass is 32.1. The maximum atomic E-state index is 13.1. The molecule has 0 atom stereocenters. The molecule has 0 aliphatic carbocycles. The third-order valence-electron chi connectivity index (χ3n) is 4.10. The van der Waals surface area contributed by atoms with E-state index in [1.54, 1.807) is 37.3 Å². The van der Waals surface area contributed by atoms with Crippen molar-refractivity contribution in [2.75, 3.05) is 13.4 Å². The normalized spacial score (nSPS) is 12.1. The van der Waals surface area contributed by atoms with Gasteiger partial charge in [-0.1, -0.05) is 0 Å². The summed E-state index contributed by atoms with van der Waals surface area (Å²) in [5.74, 6) is -0.273. The predicted octanol–water partition coefficient (Wildman–Crippen LogP) is 4.03. The van der Waals surface area contributed by atoms with E-state index in [-0.39, 0.29) is 18.4 Å². The first-order chi connectivity index (χ1) is 13.5. The van der Waals surface area contributed by atoms with Gasteiger partial charge in [0.25, 0.3) is 0 Å². The number of esters is 1. The minimum absolute atomic E-state index is 0.114. The van der Waals surface area contributed by atoms with Gasteiger partial charge in [-0.15, -0.1) is 11.3 Å². The molecule has 0 saturated carbocycles. The van der Waals surface area contributed by atoms with Crippen LogP contribution in [0, 0.1) is 12.7 Å². The summed E-state index contributed by atoms with van der Waals surface area (Å²) in [6, 6.07) is 10.6. The van der Waals surface area contributed by atoms with Crippen LogP contribution in [-0.2, 0) is 4.74 Å². The summed E-state index contributed by atoms with van der Waals surface area (Å²) in [7, 11) is 0. The number of fused-ring (bicyclic) bond motifs is 1. The zero-order valence-electron chi connectivity index (χ0n) is 14.7. The third kappa shape index (κ3) is 3.59. The number of rotatable bonds is 5. The van der Waals surface area contributed by atoms with Crippen LogP contribution in [0.1, 0.15) is 25.7 Å². The summed E-state index contributed by atoms with van der Waals surface area (Å²) in [6.07, 6.45) is 0. The number of hydrogen-bond acceptors (Lipinski definition) is 7. The first-order valence-corrected chi connectivity index (χ1v) is 9.16. The maximum absolute atomic E-state index is 13.1. The van der Waals surface area contributed by atoms with Crippen molar-refractivity contribution in [3.8, 4) is 22.1 Å². The van der Waals surface area contributed by atoms with Crippen molar-refractivity contribution in [2.24, 2.45) is 0 Å². The summed E-state index contributed by atoms with van der Waals surface area (Å²) in [6.45, 7) is 1.39. The molecular formula is C20H14FNO5S. The second-order valence-corrected chi connectivity index (χ2v) is 7.01. The fourth-order valence-electron chi connectivity index (χ4n) is 2.65. The molecule has 142 valence electrons. The van der Waals surface area contributed by atoms with Crippen LogP contribution in [0.3, 0.4) is 0 Å². The van der Waals surface area contributed by atoms with E-state index in [2.05, 4.69) is 4.98 Å². The average molecular weight is 399 g/mol. The molecule has 0 amide bonds. The zero-order valence-corrected chi connectivity index (χ0v) is 15.5. The van der Waals surface area contributed by atoms with Crippen LogP contribution in [0.5, 0.6) is 11.5 Å². The highest BCUT2D eigenvalue weighted by Gasteiger charge is 2.20. The number of nitrogens with zero attached hydrogens (tertiary/aromatic N) is 1. The van der Waals surface area contributed by atoms with Crippen molar-refractivity contribution in [3.63, 3.8) is 0 Å². The molecule has 4 rings (SSSR count). The summed E-state index contributed by atoms with van der Waals surface area (Å²) in [5, 5.41) is 0.576. The Morgan fingerprint density at radius 2 is 1.89 bits per heavy atom. The van der Waals surface area contributed by atoms with Crippen LogP contribution >= 0.6 is 11.3 Å². The first-order valence-electron chi connectivity index (χ1n) is 8.34. The highest BCUT2D eigenvalue weighted by Crippen LogP contribution is 2.33. The van der Waals surface area contributed by atoms with Gasteiger partial charge < -0.3 is 14.2 Å². The van der Waals surface area contributed by atoms with Gasteiger partial charge in [-0.2, -0.15) is 0 Å². The third-order valence-corrected chi connectivity index (χ3v) is 5.29. The molecule has 2 aromatic carbocycles. The fraction of sp³-hybridized carbons (Fsp3) is 0.150. The van der Waals surface area contributed by atoms with Crippen molar-refractivity contribution >= 4 is 23.1 Å². The summed E-state index contributed by atoms with van der Waals surface area (Å²) in [5.41, 5.74) is 1.56. The van der Waals surface area contributed by atoms with Crippen LogP contribution in [0.25, 0.3) is 10.6 Å². The average Bonchev–Trinajstić information content (AvgIpc) is 3.32. The van der Waals surface area contributed by atoms with E-state index < -0.39 is 12.6 Å². The minimum atomic E-state index is -0.627. The van der Waals surface area contributed by atoms with Gasteiger partial charge in [0, 0.05) is 11.1 Å². The van der Waals surface area contributed by atoms with Crippen molar-refractivity contribution in [2.45, 2.75) is 6.92 Å². The monoisotopic (exact) mass is 399 g/mol. The molecule has 0 bridgehead atoms. The molecule has 1 aliphatic rings. The number of benzene rings is 2. The molecule has 0 radical (unpaired) electrons. The first kappa shape index (κ1) is 18.1. The number of ketones is 1. The summed E-state index contributed by atoms with van der Waals surface area (Å²) >= 11 is 1.13. The molecule has 0 unspecified atom stereocenters. The molecule has 0 saturated heterocycles. The second-order valence-electron chi connectivity index (χ2n) is 6.01. The lowest BCUT2D eigenvalue weighted by Crippen LogP contribution is -2.14. The molecule has 3 aromatic rings. The number of halogens is 1. The molecule has 8 heteroatoms. The number of thiazole rings is 1. The van der Waals surface area contributed by atoms with E-state index in [1.807, 2.05) is 0 Å². The number of carbonyl (C=O) groups excluding carboxylic acids is 2. The number of aryl methyl sites for hydroxylation is 1. The van der Waals surface area contributed by atoms with Gasteiger partial charge in [0.1, 0.15) is 15.7 Å². The minimum Gasteiger partial charge on any atom is -0.454 e. The Labute approximate surface area is 163 Å². The predicted molar refractivity (Wildman–Crippen MR) is 99.4 cm³/mol. The van der Waals surface area contributed by atoms with Gasteiger partial charge in [0.2, 0.25) is 6.79 Å². The number of hydrogen-bond donors (Lipinski definition) is 0. The molecular weight excluding hydrogens is 385 g/mol. The lowest BCUT2D eigenvalue weighted by atomic mass is 10.1. The van der Waals surface area contributed by atoms with E-state index in [9.17, 15) is 14.0 Å². The van der Waals surface area contributed by atoms with E-state index in [4.69, 9.17) is 14.2 Å². The van der Waals surface area contributed by atoms with Gasteiger partial charge in [0.05, 0.1) is 5.69 Å². The van der Waals surface area contributed by atoms with E-state index in [0.717, 1.165) is 11.3 Å². The van der Waals surface area contributed by atoms with Gasteiger partial charge in [-0.05, 0) is 49.4 Å². The fourth-order valence-corrected chi connectivity index (χ4v) is 3.62. The second kappa shape index (κ2) is 7.40. The molecule has 28 heavy (non-hydrogen) atoms. The summed E-state index contributed by atoms with van der Waals surface area (Å²) < 4.78 is 28.7. The van der Waals surface area contributed by atoms with Crippen LogP contribution in [-0.4, -0.2) is 30.1 Å². The SMILES string of the molecule is Cc1nc(-c2ccc(F)cc2)sc1C(=O)OCC(=O)c1ccc2c(c1)OCO2. The maximum Gasteiger partial charge on any atom is 0.350 e. The highest BCUT2D eigenvalue weighted by molar-refractivity contribution is 7.17. The Morgan fingerprint density at radius 1 is 1.14 bits per heavy atom. The Hall–Kier alpha value is -3.26. The Morgan fingerprint density at radius 3 is 2.68 bits per heavy atom. The van der Waals surface area contributed by atoms with Crippen LogP contribution in [0.4, 0.5) is 4.39 Å². The number of aromatic nitrogens is 1. The van der Waals surface area contributed by atoms with E-state index in [1.165, 1.54) is 12.1 Å². The number of Topliss-reactive ketones (excluding diaryl/α,β-unsaturated/α-hetero) is 1. The molecule has 6 nitrogen and oxygen atoms in total. The topological polar surface area (TPSA) is 74.7 Å². The quantitative estimate of drug-likeness (QED) is 0.476. The van der Waals surface area contributed by atoms with Gasteiger partial charge >= 0.3 is 5.97 Å². The zero-order chi connectivity index (χ0) is 19.7. The smallest absolute Gasteiger partial charge is 0.350 e. The van der Waals surface area contributed by atoms with Crippen LogP contribution in [0.15, 0.2) is 42.5 Å².